The van der Waals surface area contributed by atoms with Crippen LogP contribution in [0.25, 0.3) is 0 Å². The van der Waals surface area contributed by atoms with Crippen LogP contribution < -0.4 is 5.32 Å². The summed E-state index contributed by atoms with van der Waals surface area (Å²) in [5, 5.41) is 11.6. The Kier molecular flexibility index (Phi) is 3.79. The van der Waals surface area contributed by atoms with Gasteiger partial charge in [-0.25, -0.2) is 14.8 Å². The zero-order chi connectivity index (χ0) is 11.3. The molecule has 0 unspecified atom stereocenters. The van der Waals surface area contributed by atoms with Crippen LogP contribution in [-0.4, -0.2) is 27.6 Å². The number of nitrogens with one attached hydrogen (secondary N) is 1. The second-order valence-corrected chi connectivity index (χ2v) is 3.23. The molecule has 0 atom stereocenters. The standard InChI is InChI=1S/C10H13N3O2/c1-7(2)3-5-11-8-4-6-12-9(13-8)10(14)15/h3-4,6H,5H2,1-2H3,(H,14,15)(H,11,12,13). The molecule has 0 spiro atoms. The van der Waals surface area contributed by atoms with Crippen LogP contribution in [0.1, 0.15) is 24.5 Å². The van der Waals surface area contributed by atoms with Gasteiger partial charge in [0.15, 0.2) is 0 Å². The van der Waals surface area contributed by atoms with Crippen LogP contribution in [-0.2, 0) is 0 Å². The molecule has 0 aliphatic heterocycles. The van der Waals surface area contributed by atoms with Gasteiger partial charge in [0.1, 0.15) is 5.82 Å². The van der Waals surface area contributed by atoms with E-state index >= 15 is 0 Å². The Morgan fingerprint density at radius 1 is 1.60 bits per heavy atom. The Morgan fingerprint density at radius 2 is 2.33 bits per heavy atom. The lowest BCUT2D eigenvalue weighted by molar-refractivity contribution is 0.0683. The first-order chi connectivity index (χ1) is 7.09. The van der Waals surface area contributed by atoms with Gasteiger partial charge in [-0.05, 0) is 19.9 Å². The normalized spacial score (nSPS) is 9.47. The maximum absolute atomic E-state index is 10.6. The van der Waals surface area contributed by atoms with Crippen LogP contribution in [0.3, 0.4) is 0 Å². The summed E-state index contributed by atoms with van der Waals surface area (Å²) < 4.78 is 0. The van der Waals surface area contributed by atoms with Crippen LogP contribution in [0.15, 0.2) is 23.9 Å². The highest BCUT2D eigenvalue weighted by atomic mass is 16.4. The Bertz CT molecular complexity index is 384. The number of nitrogens with zero attached hydrogens (tertiary/aromatic N) is 2. The maximum Gasteiger partial charge on any atom is 0.374 e. The van der Waals surface area contributed by atoms with Gasteiger partial charge in [-0.2, -0.15) is 0 Å². The number of hydrogen-bond donors (Lipinski definition) is 2. The van der Waals surface area contributed by atoms with Gasteiger partial charge in [0.25, 0.3) is 0 Å². The number of carboxylic acids is 1. The van der Waals surface area contributed by atoms with Gasteiger partial charge < -0.3 is 10.4 Å². The molecule has 80 valence electrons. The molecule has 5 heteroatoms. The minimum atomic E-state index is -1.12. The van der Waals surface area contributed by atoms with Crippen molar-refractivity contribution in [2.45, 2.75) is 13.8 Å². The topological polar surface area (TPSA) is 75.1 Å². The first-order valence-corrected chi connectivity index (χ1v) is 4.53. The third-order valence-corrected chi connectivity index (χ3v) is 1.64. The van der Waals surface area contributed by atoms with Gasteiger partial charge in [0.2, 0.25) is 5.82 Å². The van der Waals surface area contributed by atoms with E-state index in [2.05, 4.69) is 15.3 Å². The molecule has 0 aromatic carbocycles. The molecule has 0 fully saturated rings. The summed E-state index contributed by atoms with van der Waals surface area (Å²) in [6.07, 6.45) is 3.41. The molecule has 0 aliphatic rings. The molecule has 0 bridgehead atoms. The van der Waals surface area contributed by atoms with Crippen LogP contribution in [0.2, 0.25) is 0 Å². The average Bonchev–Trinajstić information content (AvgIpc) is 2.17. The molecule has 0 aliphatic carbocycles. The summed E-state index contributed by atoms with van der Waals surface area (Å²) in [4.78, 5) is 18.0. The number of carbonyl (C=O) groups is 1. The zero-order valence-corrected chi connectivity index (χ0v) is 8.69. The molecule has 0 radical (unpaired) electrons. The van der Waals surface area contributed by atoms with E-state index in [1.54, 1.807) is 6.07 Å². The quantitative estimate of drug-likeness (QED) is 0.733. The summed E-state index contributed by atoms with van der Waals surface area (Å²) in [7, 11) is 0. The third kappa shape index (κ3) is 3.76. The number of aromatic nitrogens is 2. The lowest BCUT2D eigenvalue weighted by Crippen LogP contribution is -2.07. The van der Waals surface area contributed by atoms with Gasteiger partial charge >= 0.3 is 5.97 Å². The van der Waals surface area contributed by atoms with Crippen molar-refractivity contribution in [3.05, 3.63) is 29.7 Å². The van der Waals surface area contributed by atoms with Crippen molar-refractivity contribution in [1.82, 2.24) is 9.97 Å². The molecule has 1 rings (SSSR count). The Morgan fingerprint density at radius 3 is 2.93 bits per heavy atom. The van der Waals surface area contributed by atoms with E-state index in [9.17, 15) is 4.79 Å². The second kappa shape index (κ2) is 5.09. The monoisotopic (exact) mass is 207 g/mol. The first-order valence-electron chi connectivity index (χ1n) is 4.53. The minimum absolute atomic E-state index is 0.197. The van der Waals surface area contributed by atoms with Crippen LogP contribution in [0.5, 0.6) is 0 Å². The molecule has 0 amide bonds. The maximum atomic E-state index is 10.6. The molecule has 1 aromatic heterocycles. The highest BCUT2D eigenvalue weighted by Crippen LogP contribution is 2.01. The van der Waals surface area contributed by atoms with E-state index in [-0.39, 0.29) is 5.82 Å². The number of anilines is 1. The van der Waals surface area contributed by atoms with E-state index in [4.69, 9.17) is 5.11 Å². The van der Waals surface area contributed by atoms with Gasteiger partial charge in [-0.15, -0.1) is 0 Å². The SMILES string of the molecule is CC(C)=CCNc1ccnc(C(=O)O)n1. The molecule has 0 saturated heterocycles. The molecule has 5 nitrogen and oxygen atoms in total. The summed E-state index contributed by atoms with van der Waals surface area (Å²) in [6, 6.07) is 1.63. The fourth-order valence-electron chi connectivity index (χ4n) is 0.920. The molecule has 2 N–H and O–H groups in total. The molecule has 0 saturated carbocycles. The molecular formula is C10H13N3O2. The van der Waals surface area contributed by atoms with E-state index in [0.29, 0.717) is 12.4 Å². The van der Waals surface area contributed by atoms with Crippen molar-refractivity contribution < 1.29 is 9.90 Å². The van der Waals surface area contributed by atoms with Crippen LogP contribution >= 0.6 is 0 Å². The van der Waals surface area contributed by atoms with Gasteiger partial charge in [0, 0.05) is 12.7 Å². The molecular weight excluding hydrogens is 194 g/mol. The summed E-state index contributed by atoms with van der Waals surface area (Å²) in [5.41, 5.74) is 1.19. The summed E-state index contributed by atoms with van der Waals surface area (Å²) >= 11 is 0. The van der Waals surface area contributed by atoms with Crippen molar-refractivity contribution in [2.75, 3.05) is 11.9 Å². The van der Waals surface area contributed by atoms with Crippen molar-refractivity contribution >= 4 is 11.8 Å². The fourth-order valence-corrected chi connectivity index (χ4v) is 0.920. The van der Waals surface area contributed by atoms with E-state index in [0.717, 1.165) is 0 Å². The smallest absolute Gasteiger partial charge is 0.374 e. The Labute approximate surface area is 87.9 Å². The number of allylic oxidation sites excluding steroid dienone is 1. The summed E-state index contributed by atoms with van der Waals surface area (Å²) in [5.74, 6) is -0.807. The third-order valence-electron chi connectivity index (χ3n) is 1.64. The zero-order valence-electron chi connectivity index (χ0n) is 8.69. The highest BCUT2D eigenvalue weighted by Gasteiger charge is 2.05. The van der Waals surface area contributed by atoms with Gasteiger partial charge in [-0.1, -0.05) is 11.6 Å². The molecule has 1 heterocycles. The first kappa shape index (κ1) is 11.2. The largest absolute Gasteiger partial charge is 0.475 e. The van der Waals surface area contributed by atoms with Crippen molar-refractivity contribution in [3.63, 3.8) is 0 Å². The fraction of sp³-hybridized carbons (Fsp3) is 0.300. The highest BCUT2D eigenvalue weighted by molar-refractivity contribution is 5.83. The Hall–Kier alpha value is -1.91. The van der Waals surface area contributed by atoms with E-state index in [1.807, 2.05) is 19.9 Å². The predicted molar refractivity (Wildman–Crippen MR) is 56.9 cm³/mol. The van der Waals surface area contributed by atoms with Crippen molar-refractivity contribution in [1.29, 1.82) is 0 Å². The molecule has 15 heavy (non-hydrogen) atoms. The second-order valence-electron chi connectivity index (χ2n) is 3.23. The number of carboxylic acid groups (broad SMARTS) is 1. The predicted octanol–water partition coefficient (Wildman–Crippen LogP) is 1.55. The van der Waals surface area contributed by atoms with Crippen molar-refractivity contribution in [3.8, 4) is 0 Å². The lowest BCUT2D eigenvalue weighted by atomic mass is 10.3. The minimum Gasteiger partial charge on any atom is -0.475 e. The van der Waals surface area contributed by atoms with Crippen LogP contribution in [0, 0.1) is 0 Å². The number of hydrogen-bond acceptors (Lipinski definition) is 4. The van der Waals surface area contributed by atoms with Crippen LogP contribution in [0.4, 0.5) is 5.82 Å². The number of aromatic carboxylic acids is 1. The molecule has 1 aromatic rings. The average molecular weight is 207 g/mol. The lowest BCUT2D eigenvalue weighted by Gasteiger charge is -2.02. The van der Waals surface area contributed by atoms with Gasteiger partial charge in [-0.3, -0.25) is 0 Å². The van der Waals surface area contributed by atoms with Crippen molar-refractivity contribution in [2.24, 2.45) is 0 Å². The summed E-state index contributed by atoms with van der Waals surface area (Å²) in [6.45, 7) is 4.60. The van der Waals surface area contributed by atoms with E-state index in [1.165, 1.54) is 11.8 Å². The Balaban J connectivity index is 2.66. The van der Waals surface area contributed by atoms with E-state index < -0.39 is 5.97 Å². The number of rotatable bonds is 4. The van der Waals surface area contributed by atoms with Gasteiger partial charge in [0.05, 0.1) is 0 Å².